The molecule has 2 nitrogen and oxygen atoms in total. The Morgan fingerprint density at radius 2 is 1.85 bits per heavy atom. The van der Waals surface area contributed by atoms with Crippen LogP contribution in [0.2, 0.25) is 0 Å². The van der Waals surface area contributed by atoms with E-state index in [9.17, 15) is 9.50 Å². The molecule has 1 unspecified atom stereocenters. The first-order chi connectivity index (χ1) is 9.56. The summed E-state index contributed by atoms with van der Waals surface area (Å²) < 4.78 is 19.2. The summed E-state index contributed by atoms with van der Waals surface area (Å²) in [6.45, 7) is 4.08. The van der Waals surface area contributed by atoms with Crippen molar-refractivity contribution in [2.45, 2.75) is 32.5 Å². The van der Waals surface area contributed by atoms with Gasteiger partial charge >= 0.3 is 0 Å². The fraction of sp³-hybridized carbons (Fsp3) is 0.294. The number of aliphatic hydroxyl groups excluding tert-OH is 1. The van der Waals surface area contributed by atoms with E-state index < -0.39 is 6.10 Å². The van der Waals surface area contributed by atoms with Crippen LogP contribution < -0.4 is 4.74 Å². The van der Waals surface area contributed by atoms with Crippen LogP contribution >= 0.6 is 0 Å². The van der Waals surface area contributed by atoms with Gasteiger partial charge in [-0.05, 0) is 48.7 Å². The molecule has 0 amide bonds. The number of benzene rings is 2. The summed E-state index contributed by atoms with van der Waals surface area (Å²) in [4.78, 5) is 0. The van der Waals surface area contributed by atoms with Gasteiger partial charge in [0.05, 0.1) is 6.10 Å². The summed E-state index contributed by atoms with van der Waals surface area (Å²) >= 11 is 0. The van der Waals surface area contributed by atoms with E-state index in [0.29, 0.717) is 17.7 Å². The van der Waals surface area contributed by atoms with E-state index in [1.807, 2.05) is 32.0 Å². The molecule has 0 saturated heterocycles. The molecular weight excluding hydrogens is 255 g/mol. The molecule has 0 aromatic heterocycles. The molecule has 2 atom stereocenters. The smallest absolute Gasteiger partial charge is 0.127 e. The standard InChI is InChI=1S/C17H17FO2/c1-10-4-3-5-11(2)17(10)16-9-14(19)13-8-12(18)6-7-15(13)20-16/h3-8,14,16,19H,9H2,1-2H3/t14-,16?/m0/s1. The molecule has 0 saturated carbocycles. The number of aliphatic hydroxyl groups is 1. The van der Waals surface area contributed by atoms with Gasteiger partial charge in [-0.15, -0.1) is 0 Å². The first-order valence-corrected chi connectivity index (χ1v) is 6.76. The minimum atomic E-state index is -0.696. The maximum atomic E-state index is 13.2. The zero-order valence-corrected chi connectivity index (χ0v) is 11.6. The lowest BCUT2D eigenvalue weighted by Crippen LogP contribution is -2.20. The molecule has 1 aliphatic rings. The second kappa shape index (κ2) is 4.91. The number of rotatable bonds is 1. The molecule has 2 aromatic rings. The highest BCUT2D eigenvalue weighted by Crippen LogP contribution is 2.42. The molecule has 1 aliphatic heterocycles. The number of fused-ring (bicyclic) bond motifs is 1. The lowest BCUT2D eigenvalue weighted by molar-refractivity contribution is 0.0648. The maximum absolute atomic E-state index is 13.2. The molecule has 3 heteroatoms. The van der Waals surface area contributed by atoms with E-state index in [4.69, 9.17) is 4.74 Å². The molecule has 0 spiro atoms. The third-order valence-electron chi connectivity index (χ3n) is 3.90. The average molecular weight is 272 g/mol. The third-order valence-corrected chi connectivity index (χ3v) is 3.90. The van der Waals surface area contributed by atoms with Crippen molar-refractivity contribution >= 4 is 0 Å². The summed E-state index contributed by atoms with van der Waals surface area (Å²) in [6, 6.07) is 10.4. The van der Waals surface area contributed by atoms with Crippen molar-refractivity contribution in [2.24, 2.45) is 0 Å². The van der Waals surface area contributed by atoms with Gasteiger partial charge in [-0.25, -0.2) is 4.39 Å². The van der Waals surface area contributed by atoms with Gasteiger partial charge in [0.2, 0.25) is 0 Å². The highest BCUT2D eigenvalue weighted by atomic mass is 19.1. The molecule has 2 aromatic carbocycles. The molecule has 3 rings (SSSR count). The molecule has 0 radical (unpaired) electrons. The minimum absolute atomic E-state index is 0.191. The molecular formula is C17H17FO2. The summed E-state index contributed by atoms with van der Waals surface area (Å²) in [5.41, 5.74) is 3.94. The number of aryl methyl sites for hydroxylation is 2. The molecule has 104 valence electrons. The number of ether oxygens (including phenoxy) is 1. The van der Waals surface area contributed by atoms with Crippen LogP contribution in [0.25, 0.3) is 0 Å². The van der Waals surface area contributed by atoms with Crippen molar-refractivity contribution in [2.75, 3.05) is 0 Å². The number of halogens is 1. The third kappa shape index (κ3) is 2.18. The first kappa shape index (κ1) is 13.1. The van der Waals surface area contributed by atoms with Crippen LogP contribution in [0.1, 0.15) is 40.9 Å². The lowest BCUT2D eigenvalue weighted by Gasteiger charge is -2.31. The largest absolute Gasteiger partial charge is 0.485 e. The predicted molar refractivity (Wildman–Crippen MR) is 75.3 cm³/mol. The number of hydrogen-bond donors (Lipinski definition) is 1. The van der Waals surface area contributed by atoms with Gasteiger partial charge < -0.3 is 9.84 Å². The minimum Gasteiger partial charge on any atom is -0.485 e. The average Bonchev–Trinajstić information content (AvgIpc) is 2.39. The van der Waals surface area contributed by atoms with Gasteiger partial charge in [0, 0.05) is 12.0 Å². The van der Waals surface area contributed by atoms with Crippen LogP contribution in [-0.4, -0.2) is 5.11 Å². The van der Waals surface area contributed by atoms with E-state index in [1.54, 1.807) is 6.07 Å². The molecule has 20 heavy (non-hydrogen) atoms. The quantitative estimate of drug-likeness (QED) is 0.850. The van der Waals surface area contributed by atoms with Gasteiger partial charge in [0.1, 0.15) is 17.7 Å². The zero-order chi connectivity index (χ0) is 14.3. The first-order valence-electron chi connectivity index (χ1n) is 6.76. The predicted octanol–water partition coefficient (Wildman–Crippen LogP) is 4.00. The van der Waals surface area contributed by atoms with Crippen LogP contribution in [0.15, 0.2) is 36.4 Å². The Morgan fingerprint density at radius 1 is 1.15 bits per heavy atom. The van der Waals surface area contributed by atoms with Crippen molar-refractivity contribution < 1.29 is 14.2 Å². The number of hydrogen-bond acceptors (Lipinski definition) is 2. The van der Waals surface area contributed by atoms with Crippen LogP contribution in [-0.2, 0) is 0 Å². The molecule has 1 N–H and O–H groups in total. The highest BCUT2D eigenvalue weighted by molar-refractivity contribution is 5.42. The van der Waals surface area contributed by atoms with Crippen LogP contribution in [0.3, 0.4) is 0 Å². The SMILES string of the molecule is Cc1cccc(C)c1C1C[C@H](O)c2cc(F)ccc2O1. The van der Waals surface area contributed by atoms with Gasteiger partial charge in [-0.3, -0.25) is 0 Å². The Morgan fingerprint density at radius 3 is 2.55 bits per heavy atom. The van der Waals surface area contributed by atoms with Crippen LogP contribution in [0, 0.1) is 19.7 Å². The van der Waals surface area contributed by atoms with Crippen molar-refractivity contribution in [3.05, 3.63) is 64.5 Å². The van der Waals surface area contributed by atoms with Crippen molar-refractivity contribution in [1.29, 1.82) is 0 Å². The molecule has 1 heterocycles. The molecule has 0 fully saturated rings. The van der Waals surface area contributed by atoms with E-state index in [1.165, 1.54) is 12.1 Å². The summed E-state index contributed by atoms with van der Waals surface area (Å²) in [5.74, 6) is 0.217. The van der Waals surface area contributed by atoms with E-state index in [0.717, 1.165) is 16.7 Å². The van der Waals surface area contributed by atoms with Crippen LogP contribution in [0.4, 0.5) is 4.39 Å². The maximum Gasteiger partial charge on any atom is 0.127 e. The fourth-order valence-electron chi connectivity index (χ4n) is 2.93. The second-order valence-electron chi connectivity index (χ2n) is 5.35. The summed E-state index contributed by atoms with van der Waals surface area (Å²) in [7, 11) is 0. The van der Waals surface area contributed by atoms with E-state index in [2.05, 4.69) is 0 Å². The van der Waals surface area contributed by atoms with Gasteiger partial charge in [0.15, 0.2) is 0 Å². The Kier molecular flexibility index (Phi) is 3.22. The van der Waals surface area contributed by atoms with Crippen molar-refractivity contribution in [3.8, 4) is 5.75 Å². The van der Waals surface area contributed by atoms with Gasteiger partial charge in [0.25, 0.3) is 0 Å². The van der Waals surface area contributed by atoms with Gasteiger partial charge in [-0.1, -0.05) is 18.2 Å². The molecule has 0 bridgehead atoms. The zero-order valence-electron chi connectivity index (χ0n) is 11.6. The Bertz CT molecular complexity index is 631. The van der Waals surface area contributed by atoms with Gasteiger partial charge in [-0.2, -0.15) is 0 Å². The monoisotopic (exact) mass is 272 g/mol. The highest BCUT2D eigenvalue weighted by Gasteiger charge is 2.29. The lowest BCUT2D eigenvalue weighted by atomic mass is 9.90. The molecule has 0 aliphatic carbocycles. The van der Waals surface area contributed by atoms with Crippen molar-refractivity contribution in [3.63, 3.8) is 0 Å². The Hall–Kier alpha value is -1.87. The van der Waals surface area contributed by atoms with Crippen LogP contribution in [0.5, 0.6) is 5.75 Å². The Balaban J connectivity index is 2.01. The summed E-state index contributed by atoms with van der Waals surface area (Å²) in [6.07, 6.45) is -0.440. The van der Waals surface area contributed by atoms with E-state index >= 15 is 0 Å². The fourth-order valence-corrected chi connectivity index (χ4v) is 2.93. The Labute approximate surface area is 117 Å². The normalized spacial score (nSPS) is 21.2. The summed E-state index contributed by atoms with van der Waals surface area (Å²) in [5, 5.41) is 10.3. The van der Waals surface area contributed by atoms with E-state index in [-0.39, 0.29) is 11.9 Å². The van der Waals surface area contributed by atoms with Crippen molar-refractivity contribution in [1.82, 2.24) is 0 Å². The topological polar surface area (TPSA) is 29.5 Å². The second-order valence-corrected chi connectivity index (χ2v) is 5.35.